The molecule has 0 spiro atoms. The lowest BCUT2D eigenvalue weighted by Crippen LogP contribution is -2.44. The second kappa shape index (κ2) is 8.79. The number of nitrogens with two attached hydrogens (primary N) is 2. The molecule has 8 heteroatoms. The lowest BCUT2D eigenvalue weighted by Gasteiger charge is -2.31. The molecule has 0 saturated heterocycles. The monoisotopic (exact) mass is 455 g/mol. The minimum Gasteiger partial charge on any atom is -0.330 e. The zero-order valence-electron chi connectivity index (χ0n) is 18.2. The molecule has 3 aromatic rings. The van der Waals surface area contributed by atoms with Gasteiger partial charge in [-0.3, -0.25) is 4.90 Å². The molecule has 166 valence electrons. The average Bonchev–Trinajstić information content (AvgIpc) is 3.49. The number of anilines is 2. The van der Waals surface area contributed by atoms with E-state index >= 15 is 0 Å². The smallest absolute Gasteiger partial charge is 0.150 e. The highest BCUT2D eigenvalue weighted by molar-refractivity contribution is 8.04. The van der Waals surface area contributed by atoms with Crippen LogP contribution in [0.5, 0.6) is 0 Å². The maximum atomic E-state index is 6.64. The molecule has 3 atom stereocenters. The van der Waals surface area contributed by atoms with Crippen LogP contribution in [0, 0.1) is 12.3 Å². The van der Waals surface area contributed by atoms with Crippen LogP contribution in [0.2, 0.25) is 0 Å². The van der Waals surface area contributed by atoms with E-state index in [1.165, 1.54) is 17.3 Å². The Morgan fingerprint density at radius 2 is 1.97 bits per heavy atom. The number of aliphatic imine (C=N–C) groups is 1. The second-order valence-electron chi connectivity index (χ2n) is 7.88. The summed E-state index contributed by atoms with van der Waals surface area (Å²) in [7, 11) is 0. The molecule has 7 nitrogen and oxygen atoms in total. The molecule has 33 heavy (non-hydrogen) atoms. The lowest BCUT2D eigenvalue weighted by atomic mass is 10.0. The van der Waals surface area contributed by atoms with Crippen molar-refractivity contribution < 1.29 is 0 Å². The van der Waals surface area contributed by atoms with Crippen molar-refractivity contribution in [2.45, 2.75) is 31.0 Å². The zero-order valence-corrected chi connectivity index (χ0v) is 19.1. The van der Waals surface area contributed by atoms with Crippen LogP contribution < -0.4 is 21.3 Å². The summed E-state index contributed by atoms with van der Waals surface area (Å²) in [6.07, 6.45) is 13.6. The van der Waals surface area contributed by atoms with Gasteiger partial charge >= 0.3 is 0 Å². The molecule has 3 heterocycles. The van der Waals surface area contributed by atoms with Crippen LogP contribution in [0.1, 0.15) is 30.5 Å². The summed E-state index contributed by atoms with van der Waals surface area (Å²) in [5.41, 5.74) is 16.8. The van der Waals surface area contributed by atoms with Crippen LogP contribution in [0.15, 0.2) is 83.0 Å². The van der Waals surface area contributed by atoms with E-state index in [-0.39, 0.29) is 11.5 Å². The molecule has 2 aromatic carbocycles. The number of benzene rings is 2. The van der Waals surface area contributed by atoms with Crippen molar-refractivity contribution in [3.8, 4) is 12.3 Å². The summed E-state index contributed by atoms with van der Waals surface area (Å²) in [5.74, 6) is 3.46. The average molecular weight is 456 g/mol. The second-order valence-corrected chi connectivity index (χ2v) is 9.04. The molecule has 0 amide bonds. The van der Waals surface area contributed by atoms with Crippen molar-refractivity contribution >= 4 is 29.5 Å². The SMILES string of the molecule is C#Cc1cccc(N2C=NC3=C(SC(N)N3c3ccc(C(CC)n4ccnc4)cc3)C2N)c1. The van der Waals surface area contributed by atoms with Crippen molar-refractivity contribution in [2.24, 2.45) is 16.5 Å². The Morgan fingerprint density at radius 1 is 1.15 bits per heavy atom. The molecule has 2 aliphatic heterocycles. The molecule has 3 unspecified atom stereocenters. The minimum absolute atomic E-state index is 0.242. The first-order valence-electron chi connectivity index (χ1n) is 10.8. The van der Waals surface area contributed by atoms with E-state index < -0.39 is 6.17 Å². The fourth-order valence-electron chi connectivity index (χ4n) is 4.30. The van der Waals surface area contributed by atoms with Gasteiger partial charge in [0.1, 0.15) is 17.5 Å². The van der Waals surface area contributed by atoms with Gasteiger partial charge in [0.2, 0.25) is 0 Å². The van der Waals surface area contributed by atoms with Crippen LogP contribution in [-0.4, -0.2) is 27.6 Å². The van der Waals surface area contributed by atoms with E-state index in [0.717, 1.165) is 34.1 Å². The van der Waals surface area contributed by atoms with Crippen molar-refractivity contribution in [3.63, 3.8) is 0 Å². The third kappa shape index (κ3) is 3.80. The first-order chi connectivity index (χ1) is 16.1. The Balaban J connectivity index is 1.41. The Bertz CT molecular complexity index is 1240. The topological polar surface area (TPSA) is 88.7 Å². The van der Waals surface area contributed by atoms with E-state index in [2.05, 4.69) is 46.7 Å². The summed E-state index contributed by atoms with van der Waals surface area (Å²) in [4.78, 5) is 13.8. The van der Waals surface area contributed by atoms with Gasteiger partial charge in [-0.05, 0) is 42.3 Å². The van der Waals surface area contributed by atoms with E-state index in [9.17, 15) is 0 Å². The first-order valence-corrected chi connectivity index (χ1v) is 11.7. The standard InChI is InChI=1S/C25H25N7S/c1-3-17-6-5-7-20(14-17)31-16-29-24-22(23(31)26)33-25(27)32(24)19-10-8-18(9-11-19)21(4-2)30-13-12-28-15-30/h1,5-16,21,23,25H,4,26-27H2,2H3. The summed E-state index contributed by atoms with van der Waals surface area (Å²) in [6.45, 7) is 2.17. The molecule has 1 aromatic heterocycles. The van der Waals surface area contributed by atoms with E-state index in [0.29, 0.717) is 0 Å². The van der Waals surface area contributed by atoms with Gasteiger partial charge in [0, 0.05) is 29.3 Å². The van der Waals surface area contributed by atoms with Gasteiger partial charge in [-0.2, -0.15) is 0 Å². The van der Waals surface area contributed by atoms with Crippen LogP contribution in [-0.2, 0) is 0 Å². The molecule has 0 bridgehead atoms. The van der Waals surface area contributed by atoms with Crippen molar-refractivity contribution in [2.75, 3.05) is 9.80 Å². The third-order valence-corrected chi connectivity index (χ3v) is 7.09. The number of thioether (sulfide) groups is 1. The predicted octanol–water partition coefficient (Wildman–Crippen LogP) is 3.66. The van der Waals surface area contributed by atoms with Crippen LogP contribution in [0.4, 0.5) is 11.4 Å². The molecule has 2 aliphatic rings. The van der Waals surface area contributed by atoms with E-state index in [1.54, 1.807) is 6.34 Å². The summed E-state index contributed by atoms with van der Waals surface area (Å²) in [6, 6.07) is 16.4. The molecule has 4 N–H and O–H groups in total. The van der Waals surface area contributed by atoms with Gasteiger partial charge in [-0.25, -0.2) is 9.98 Å². The number of terminal acetylenes is 1. The number of rotatable bonds is 5. The lowest BCUT2D eigenvalue weighted by molar-refractivity contribution is 0.566. The fourth-order valence-corrected chi connectivity index (χ4v) is 5.40. The Kier molecular flexibility index (Phi) is 5.68. The van der Waals surface area contributed by atoms with Gasteiger partial charge < -0.3 is 20.9 Å². The summed E-state index contributed by atoms with van der Waals surface area (Å²) < 4.78 is 2.13. The Hall–Kier alpha value is -3.51. The molecule has 5 rings (SSSR count). The third-order valence-electron chi connectivity index (χ3n) is 5.96. The normalized spacial score (nSPS) is 20.7. The number of imidazole rings is 1. The van der Waals surface area contributed by atoms with Crippen LogP contribution in [0.3, 0.4) is 0 Å². The minimum atomic E-state index is -0.392. The summed E-state index contributed by atoms with van der Waals surface area (Å²) in [5, 5.41) is 0. The number of aromatic nitrogens is 2. The molecular weight excluding hydrogens is 430 g/mol. The highest BCUT2D eigenvalue weighted by atomic mass is 32.2. The van der Waals surface area contributed by atoms with Gasteiger partial charge in [0.05, 0.1) is 23.6 Å². The highest BCUT2D eigenvalue weighted by Crippen LogP contribution is 2.43. The van der Waals surface area contributed by atoms with Crippen LogP contribution in [0.25, 0.3) is 0 Å². The maximum absolute atomic E-state index is 6.64. The Morgan fingerprint density at radius 3 is 2.67 bits per heavy atom. The van der Waals surface area contributed by atoms with Gasteiger partial charge in [0.25, 0.3) is 0 Å². The largest absolute Gasteiger partial charge is 0.330 e. The van der Waals surface area contributed by atoms with Crippen molar-refractivity contribution in [1.82, 2.24) is 9.55 Å². The highest BCUT2D eigenvalue weighted by Gasteiger charge is 2.38. The zero-order chi connectivity index (χ0) is 22.9. The summed E-state index contributed by atoms with van der Waals surface area (Å²) >= 11 is 1.53. The van der Waals surface area contributed by atoms with Crippen molar-refractivity contribution in [3.05, 3.63) is 89.1 Å². The molecular formula is C25H25N7S. The van der Waals surface area contributed by atoms with E-state index in [1.807, 2.05) is 52.8 Å². The molecule has 0 aliphatic carbocycles. The van der Waals surface area contributed by atoms with Crippen molar-refractivity contribution in [1.29, 1.82) is 0 Å². The number of hydrogen-bond donors (Lipinski definition) is 2. The number of hydrogen-bond acceptors (Lipinski definition) is 7. The first kappa shape index (κ1) is 21.3. The maximum Gasteiger partial charge on any atom is 0.150 e. The van der Waals surface area contributed by atoms with Crippen LogP contribution >= 0.6 is 11.8 Å². The molecule has 0 saturated carbocycles. The Labute approximate surface area is 197 Å². The van der Waals surface area contributed by atoms with Gasteiger partial charge in [-0.15, -0.1) is 6.42 Å². The molecule has 0 radical (unpaired) electrons. The fraction of sp³-hybridized carbons (Fsp3) is 0.200. The quantitative estimate of drug-likeness (QED) is 0.571. The van der Waals surface area contributed by atoms with Gasteiger partial charge in [-0.1, -0.05) is 42.8 Å². The number of nitrogens with zero attached hydrogens (tertiary/aromatic N) is 5. The predicted molar refractivity (Wildman–Crippen MR) is 135 cm³/mol. The van der Waals surface area contributed by atoms with Gasteiger partial charge in [0.15, 0.2) is 0 Å². The van der Waals surface area contributed by atoms with E-state index in [4.69, 9.17) is 22.9 Å². The molecule has 0 fully saturated rings.